The first-order valence-electron chi connectivity index (χ1n) is 10.9. The standard InChI is InChI=1S/C25H30N2O5/c1-4-17(2)22(24(29)31-3)26-23(28)21-14-19-12-8-9-13-20(19)15-27(21)25(30)32-16-18-10-6-5-7-11-18/h5-13,17,21-22H,4,14-16H2,1-3H3,(H,26,28)/t17-,21+,22-/m1/s1. The number of hydrogen-bond acceptors (Lipinski definition) is 5. The smallest absolute Gasteiger partial charge is 0.411 e. The van der Waals surface area contributed by atoms with Gasteiger partial charge in [-0.05, 0) is 22.6 Å². The number of fused-ring (bicyclic) bond motifs is 1. The van der Waals surface area contributed by atoms with E-state index in [1.165, 1.54) is 12.0 Å². The van der Waals surface area contributed by atoms with Crippen LogP contribution >= 0.6 is 0 Å². The summed E-state index contributed by atoms with van der Waals surface area (Å²) in [6.45, 7) is 4.19. The molecule has 7 nitrogen and oxygen atoms in total. The monoisotopic (exact) mass is 438 g/mol. The number of rotatable bonds is 7. The van der Waals surface area contributed by atoms with Crippen molar-refractivity contribution in [2.75, 3.05) is 7.11 Å². The molecule has 0 saturated carbocycles. The predicted molar refractivity (Wildman–Crippen MR) is 120 cm³/mol. The van der Waals surface area contributed by atoms with Crippen LogP contribution in [0.2, 0.25) is 0 Å². The molecule has 0 radical (unpaired) electrons. The highest BCUT2D eigenvalue weighted by Crippen LogP contribution is 2.25. The lowest BCUT2D eigenvalue weighted by Crippen LogP contribution is -2.56. The fraction of sp³-hybridized carbons (Fsp3) is 0.400. The molecule has 2 amide bonds. The molecule has 2 aromatic carbocycles. The summed E-state index contributed by atoms with van der Waals surface area (Å²) in [4.78, 5) is 40.0. The Hall–Kier alpha value is -3.35. The maximum absolute atomic E-state index is 13.3. The van der Waals surface area contributed by atoms with Crippen LogP contribution < -0.4 is 5.32 Å². The zero-order valence-electron chi connectivity index (χ0n) is 18.7. The van der Waals surface area contributed by atoms with Crippen LogP contribution in [0.15, 0.2) is 54.6 Å². The first kappa shape index (κ1) is 23.3. The van der Waals surface area contributed by atoms with Gasteiger partial charge in [-0.1, -0.05) is 74.9 Å². The minimum absolute atomic E-state index is 0.110. The van der Waals surface area contributed by atoms with Crippen LogP contribution in [-0.2, 0) is 38.6 Å². The molecule has 0 unspecified atom stereocenters. The third-order valence-corrected chi connectivity index (χ3v) is 5.96. The first-order chi connectivity index (χ1) is 15.4. The zero-order chi connectivity index (χ0) is 23.1. The van der Waals surface area contributed by atoms with Crippen LogP contribution in [0.1, 0.15) is 37.0 Å². The molecule has 1 heterocycles. The van der Waals surface area contributed by atoms with Gasteiger partial charge in [0.15, 0.2) is 0 Å². The average molecular weight is 439 g/mol. The number of nitrogens with zero attached hydrogens (tertiary/aromatic N) is 1. The van der Waals surface area contributed by atoms with E-state index in [1.807, 2.05) is 68.4 Å². The molecule has 0 aliphatic carbocycles. The Morgan fingerprint density at radius 3 is 2.38 bits per heavy atom. The molecule has 1 aliphatic heterocycles. The largest absolute Gasteiger partial charge is 0.467 e. The van der Waals surface area contributed by atoms with Gasteiger partial charge in [0.2, 0.25) is 5.91 Å². The summed E-state index contributed by atoms with van der Waals surface area (Å²) in [5.41, 5.74) is 2.83. The third-order valence-electron chi connectivity index (χ3n) is 5.96. The molecule has 3 atom stereocenters. The molecule has 0 saturated heterocycles. The predicted octanol–water partition coefficient (Wildman–Crippen LogP) is 3.45. The Kier molecular flexibility index (Phi) is 7.87. The van der Waals surface area contributed by atoms with Crippen molar-refractivity contribution in [1.82, 2.24) is 10.2 Å². The quantitative estimate of drug-likeness (QED) is 0.670. The van der Waals surface area contributed by atoms with E-state index < -0.39 is 30.1 Å². The van der Waals surface area contributed by atoms with E-state index in [4.69, 9.17) is 9.47 Å². The van der Waals surface area contributed by atoms with Crippen molar-refractivity contribution in [3.63, 3.8) is 0 Å². The minimum atomic E-state index is -0.788. The number of ether oxygens (including phenoxy) is 2. The van der Waals surface area contributed by atoms with Gasteiger partial charge >= 0.3 is 12.1 Å². The number of methoxy groups -OCH3 is 1. The molecule has 1 aliphatic rings. The number of amides is 2. The van der Waals surface area contributed by atoms with Crippen LogP contribution in [-0.4, -0.2) is 42.1 Å². The van der Waals surface area contributed by atoms with Gasteiger partial charge in [-0.3, -0.25) is 9.69 Å². The molecule has 0 fully saturated rings. The summed E-state index contributed by atoms with van der Waals surface area (Å²) >= 11 is 0. The summed E-state index contributed by atoms with van der Waals surface area (Å²) in [6, 6.07) is 15.5. The van der Waals surface area contributed by atoms with Crippen molar-refractivity contribution in [1.29, 1.82) is 0 Å². The van der Waals surface area contributed by atoms with Gasteiger partial charge in [-0.2, -0.15) is 0 Å². The van der Waals surface area contributed by atoms with Crippen LogP contribution in [0.3, 0.4) is 0 Å². The van der Waals surface area contributed by atoms with E-state index in [1.54, 1.807) is 0 Å². The Bertz CT molecular complexity index is 946. The highest BCUT2D eigenvalue weighted by atomic mass is 16.6. The number of benzene rings is 2. The number of carbonyl (C=O) groups excluding carboxylic acids is 3. The number of hydrogen-bond donors (Lipinski definition) is 1. The lowest BCUT2D eigenvalue weighted by atomic mass is 9.93. The van der Waals surface area contributed by atoms with E-state index in [2.05, 4.69) is 5.32 Å². The van der Waals surface area contributed by atoms with Crippen molar-refractivity contribution < 1.29 is 23.9 Å². The van der Waals surface area contributed by atoms with Crippen molar-refractivity contribution in [2.45, 2.75) is 51.9 Å². The van der Waals surface area contributed by atoms with E-state index in [0.717, 1.165) is 16.7 Å². The van der Waals surface area contributed by atoms with E-state index >= 15 is 0 Å². The minimum Gasteiger partial charge on any atom is -0.467 e. The summed E-state index contributed by atoms with van der Waals surface area (Å²) in [7, 11) is 1.30. The van der Waals surface area contributed by atoms with E-state index in [9.17, 15) is 14.4 Å². The highest BCUT2D eigenvalue weighted by molar-refractivity contribution is 5.90. The maximum atomic E-state index is 13.3. The molecule has 3 rings (SSSR count). The molecule has 1 N–H and O–H groups in total. The Morgan fingerprint density at radius 1 is 1.06 bits per heavy atom. The van der Waals surface area contributed by atoms with Gasteiger partial charge in [0.25, 0.3) is 0 Å². The molecule has 7 heteroatoms. The van der Waals surface area contributed by atoms with Gasteiger partial charge in [-0.25, -0.2) is 9.59 Å². The molecular weight excluding hydrogens is 408 g/mol. The second kappa shape index (κ2) is 10.8. The van der Waals surface area contributed by atoms with Crippen LogP contribution in [0.25, 0.3) is 0 Å². The second-order valence-electron chi connectivity index (χ2n) is 8.05. The van der Waals surface area contributed by atoms with E-state index in [-0.39, 0.29) is 19.1 Å². The molecule has 0 spiro atoms. The van der Waals surface area contributed by atoms with Crippen molar-refractivity contribution in [2.24, 2.45) is 5.92 Å². The van der Waals surface area contributed by atoms with Gasteiger partial charge in [-0.15, -0.1) is 0 Å². The molecular formula is C25H30N2O5. The molecule has 2 aromatic rings. The summed E-state index contributed by atoms with van der Waals surface area (Å²) in [6.07, 6.45) is 0.467. The second-order valence-corrected chi connectivity index (χ2v) is 8.05. The summed E-state index contributed by atoms with van der Waals surface area (Å²) in [5, 5.41) is 2.81. The summed E-state index contributed by atoms with van der Waals surface area (Å²) in [5.74, 6) is -1.00. The average Bonchev–Trinajstić information content (AvgIpc) is 2.84. The number of nitrogens with one attached hydrogen (secondary N) is 1. The van der Waals surface area contributed by atoms with Crippen LogP contribution in [0, 0.1) is 5.92 Å². The fourth-order valence-electron chi connectivity index (χ4n) is 3.80. The fourth-order valence-corrected chi connectivity index (χ4v) is 3.80. The van der Waals surface area contributed by atoms with Crippen molar-refractivity contribution >= 4 is 18.0 Å². The summed E-state index contributed by atoms with van der Waals surface area (Å²) < 4.78 is 10.4. The molecule has 170 valence electrons. The Balaban J connectivity index is 1.80. The number of esters is 1. The van der Waals surface area contributed by atoms with Crippen molar-refractivity contribution in [3.8, 4) is 0 Å². The third kappa shape index (κ3) is 5.46. The molecule has 0 bridgehead atoms. The Labute approximate surface area is 188 Å². The van der Waals surface area contributed by atoms with Crippen LogP contribution in [0.5, 0.6) is 0 Å². The van der Waals surface area contributed by atoms with Gasteiger partial charge in [0.05, 0.1) is 13.7 Å². The zero-order valence-corrected chi connectivity index (χ0v) is 18.7. The van der Waals surface area contributed by atoms with Gasteiger partial charge in [0, 0.05) is 6.42 Å². The highest BCUT2D eigenvalue weighted by Gasteiger charge is 2.38. The van der Waals surface area contributed by atoms with Crippen LogP contribution in [0.4, 0.5) is 4.79 Å². The Morgan fingerprint density at radius 2 is 1.72 bits per heavy atom. The maximum Gasteiger partial charge on any atom is 0.411 e. The van der Waals surface area contributed by atoms with Gasteiger partial charge < -0.3 is 14.8 Å². The van der Waals surface area contributed by atoms with E-state index in [0.29, 0.717) is 12.8 Å². The molecule has 0 aromatic heterocycles. The topological polar surface area (TPSA) is 84.9 Å². The normalized spacial score (nSPS) is 17.0. The lowest BCUT2D eigenvalue weighted by Gasteiger charge is -2.36. The number of carbonyl (C=O) groups is 3. The van der Waals surface area contributed by atoms with Gasteiger partial charge in [0.1, 0.15) is 18.7 Å². The first-order valence-corrected chi connectivity index (χ1v) is 10.9. The lowest BCUT2D eigenvalue weighted by molar-refractivity contribution is -0.147. The molecule has 32 heavy (non-hydrogen) atoms. The SMILES string of the molecule is CC[C@@H](C)[C@@H](NC(=O)[C@@H]1Cc2ccccc2CN1C(=O)OCc1ccccc1)C(=O)OC. The van der Waals surface area contributed by atoms with Crippen molar-refractivity contribution in [3.05, 3.63) is 71.3 Å².